The molecule has 0 saturated heterocycles. The monoisotopic (exact) mass is 355 g/mol. The molecule has 130 valence electrons. The highest BCUT2D eigenvalue weighted by atomic mass is 16.2. The Morgan fingerprint density at radius 1 is 1.04 bits per heavy atom. The number of hydrogen-bond donors (Lipinski definition) is 3. The van der Waals surface area contributed by atoms with E-state index in [1.807, 2.05) is 36.4 Å². The summed E-state index contributed by atoms with van der Waals surface area (Å²) >= 11 is 0. The zero-order valence-electron chi connectivity index (χ0n) is 14.0. The number of nitriles is 1. The van der Waals surface area contributed by atoms with E-state index in [4.69, 9.17) is 5.26 Å². The Kier molecular flexibility index (Phi) is 4.17. The number of hydrogen-bond acceptors (Lipinski definition) is 5. The third-order valence-electron chi connectivity index (χ3n) is 3.84. The smallest absolute Gasteiger partial charge is 0.308 e. The Hall–Kier alpha value is -4.25. The van der Waals surface area contributed by atoms with E-state index in [1.165, 1.54) is 0 Å². The lowest BCUT2D eigenvalue weighted by Gasteiger charge is -2.06. The topological polar surface area (TPSA) is 119 Å². The van der Waals surface area contributed by atoms with Crippen LogP contribution in [-0.2, 0) is 0 Å². The van der Waals surface area contributed by atoms with Crippen molar-refractivity contribution in [1.29, 1.82) is 5.26 Å². The van der Waals surface area contributed by atoms with Crippen LogP contribution in [0.2, 0.25) is 0 Å². The zero-order chi connectivity index (χ0) is 18.6. The van der Waals surface area contributed by atoms with Crippen molar-refractivity contribution in [3.63, 3.8) is 0 Å². The van der Waals surface area contributed by atoms with Crippen LogP contribution in [0.4, 0.5) is 16.3 Å². The Morgan fingerprint density at radius 2 is 1.81 bits per heavy atom. The minimum atomic E-state index is -0.461. The first kappa shape index (κ1) is 16.2. The summed E-state index contributed by atoms with van der Waals surface area (Å²) < 4.78 is 0. The summed E-state index contributed by atoms with van der Waals surface area (Å²) in [5.74, 6) is 0.349. The van der Waals surface area contributed by atoms with Crippen LogP contribution in [0.3, 0.4) is 0 Å². The fourth-order valence-electron chi connectivity index (χ4n) is 2.53. The van der Waals surface area contributed by atoms with E-state index in [0.29, 0.717) is 33.9 Å². The third-order valence-corrected chi connectivity index (χ3v) is 3.84. The van der Waals surface area contributed by atoms with Crippen LogP contribution in [0, 0.1) is 11.3 Å². The van der Waals surface area contributed by atoms with Crippen LogP contribution >= 0.6 is 0 Å². The van der Waals surface area contributed by atoms with Gasteiger partial charge < -0.3 is 5.32 Å². The van der Waals surface area contributed by atoms with Crippen molar-refractivity contribution in [2.45, 2.75) is 0 Å². The Morgan fingerprint density at radius 3 is 2.56 bits per heavy atom. The summed E-state index contributed by atoms with van der Waals surface area (Å²) in [5.41, 5.74) is 3.55. The van der Waals surface area contributed by atoms with Gasteiger partial charge >= 0.3 is 6.03 Å². The molecule has 4 aromatic rings. The molecule has 4 rings (SSSR count). The predicted molar refractivity (Wildman–Crippen MR) is 101 cm³/mol. The van der Waals surface area contributed by atoms with Gasteiger partial charge in [0.25, 0.3) is 0 Å². The number of aromatic amines is 1. The van der Waals surface area contributed by atoms with Crippen molar-refractivity contribution >= 4 is 28.7 Å². The number of rotatable bonds is 3. The summed E-state index contributed by atoms with van der Waals surface area (Å²) in [4.78, 5) is 21.1. The van der Waals surface area contributed by atoms with Gasteiger partial charge in [0.15, 0.2) is 11.3 Å². The number of benzene rings is 2. The number of fused-ring (bicyclic) bond motifs is 1. The molecule has 0 fully saturated rings. The average molecular weight is 355 g/mol. The van der Waals surface area contributed by atoms with Gasteiger partial charge in [-0.2, -0.15) is 10.4 Å². The third kappa shape index (κ3) is 3.43. The first-order valence-electron chi connectivity index (χ1n) is 8.07. The maximum absolute atomic E-state index is 12.2. The lowest BCUT2D eigenvalue weighted by Crippen LogP contribution is -2.19. The van der Waals surface area contributed by atoms with Crippen LogP contribution in [0.1, 0.15) is 5.56 Å². The number of carbonyl (C=O) groups excluding carboxylic acids is 1. The Balaban J connectivity index is 1.56. The molecular weight excluding hydrogens is 342 g/mol. The van der Waals surface area contributed by atoms with Gasteiger partial charge in [-0.15, -0.1) is 0 Å². The SMILES string of the molecule is N#Cc1ccc(NC(=O)Nc2[nH]nc3ncc(-c4ccccc4)nc23)cc1. The van der Waals surface area contributed by atoms with E-state index in [1.54, 1.807) is 30.5 Å². The van der Waals surface area contributed by atoms with E-state index < -0.39 is 6.03 Å². The molecule has 8 heteroatoms. The number of aromatic nitrogens is 4. The molecule has 2 amide bonds. The van der Waals surface area contributed by atoms with Crippen molar-refractivity contribution in [1.82, 2.24) is 20.2 Å². The standard InChI is InChI=1S/C19H13N7O/c20-10-12-6-8-14(9-7-12)22-19(27)24-18-16-17(25-26-18)21-11-15(23-16)13-4-2-1-3-5-13/h1-9,11H,(H3,21,22,24,25,26,27). The highest BCUT2D eigenvalue weighted by Crippen LogP contribution is 2.22. The van der Waals surface area contributed by atoms with E-state index in [9.17, 15) is 4.79 Å². The normalized spacial score (nSPS) is 10.3. The molecule has 0 aliphatic heterocycles. The Labute approximate surface area is 153 Å². The number of H-pyrrole nitrogens is 1. The van der Waals surface area contributed by atoms with Crippen molar-refractivity contribution in [3.8, 4) is 17.3 Å². The number of urea groups is 1. The molecule has 0 unspecified atom stereocenters. The fraction of sp³-hybridized carbons (Fsp3) is 0. The summed E-state index contributed by atoms with van der Waals surface area (Å²) in [7, 11) is 0. The van der Waals surface area contributed by atoms with Crippen LogP contribution < -0.4 is 10.6 Å². The number of carbonyl (C=O) groups is 1. The van der Waals surface area contributed by atoms with Crippen LogP contribution in [0.5, 0.6) is 0 Å². The zero-order valence-corrected chi connectivity index (χ0v) is 14.0. The molecule has 2 aromatic carbocycles. The van der Waals surface area contributed by atoms with E-state index in [2.05, 4.69) is 30.8 Å². The van der Waals surface area contributed by atoms with Gasteiger partial charge in [0.05, 0.1) is 23.5 Å². The number of nitrogens with one attached hydrogen (secondary N) is 3. The molecule has 0 aliphatic rings. The molecule has 2 aromatic heterocycles. The highest BCUT2D eigenvalue weighted by molar-refractivity contribution is 6.03. The molecule has 0 bridgehead atoms. The largest absolute Gasteiger partial charge is 0.324 e. The number of anilines is 2. The molecule has 27 heavy (non-hydrogen) atoms. The Bertz CT molecular complexity index is 1140. The maximum atomic E-state index is 12.2. The predicted octanol–water partition coefficient (Wildman–Crippen LogP) is 3.54. The van der Waals surface area contributed by atoms with Gasteiger partial charge in [-0.3, -0.25) is 10.4 Å². The summed E-state index contributed by atoms with van der Waals surface area (Å²) in [6.07, 6.45) is 1.64. The molecule has 0 saturated carbocycles. The summed E-state index contributed by atoms with van der Waals surface area (Å²) in [6, 6.07) is 17.7. The van der Waals surface area contributed by atoms with Crippen LogP contribution in [0.25, 0.3) is 22.4 Å². The second kappa shape index (κ2) is 6.93. The lowest BCUT2D eigenvalue weighted by atomic mass is 10.2. The number of amides is 2. The lowest BCUT2D eigenvalue weighted by molar-refractivity contribution is 0.262. The molecule has 0 atom stereocenters. The molecule has 3 N–H and O–H groups in total. The van der Waals surface area contributed by atoms with E-state index in [0.717, 1.165) is 5.56 Å². The van der Waals surface area contributed by atoms with Gasteiger partial charge in [-0.1, -0.05) is 30.3 Å². The first-order chi connectivity index (χ1) is 13.2. The molecule has 8 nitrogen and oxygen atoms in total. The van der Waals surface area contributed by atoms with E-state index >= 15 is 0 Å². The van der Waals surface area contributed by atoms with Crippen molar-refractivity contribution < 1.29 is 4.79 Å². The average Bonchev–Trinajstić information content (AvgIpc) is 3.11. The van der Waals surface area contributed by atoms with E-state index in [-0.39, 0.29) is 0 Å². The second-order valence-corrected chi connectivity index (χ2v) is 5.66. The summed E-state index contributed by atoms with van der Waals surface area (Å²) in [6.45, 7) is 0. The quantitative estimate of drug-likeness (QED) is 0.519. The van der Waals surface area contributed by atoms with Crippen molar-refractivity contribution in [3.05, 3.63) is 66.4 Å². The molecular formula is C19H13N7O. The van der Waals surface area contributed by atoms with Crippen molar-refractivity contribution in [2.75, 3.05) is 10.6 Å². The number of nitrogens with zero attached hydrogens (tertiary/aromatic N) is 4. The first-order valence-corrected chi connectivity index (χ1v) is 8.07. The van der Waals surface area contributed by atoms with Crippen LogP contribution in [0.15, 0.2) is 60.8 Å². The second-order valence-electron chi connectivity index (χ2n) is 5.66. The molecule has 0 aliphatic carbocycles. The fourth-order valence-corrected chi connectivity index (χ4v) is 2.53. The van der Waals surface area contributed by atoms with Gasteiger partial charge in [-0.05, 0) is 24.3 Å². The minimum Gasteiger partial charge on any atom is -0.308 e. The van der Waals surface area contributed by atoms with Crippen LogP contribution in [-0.4, -0.2) is 26.2 Å². The molecule has 0 radical (unpaired) electrons. The van der Waals surface area contributed by atoms with Gasteiger partial charge in [0.2, 0.25) is 5.65 Å². The molecule has 2 heterocycles. The highest BCUT2D eigenvalue weighted by Gasteiger charge is 2.13. The van der Waals surface area contributed by atoms with Gasteiger partial charge in [0.1, 0.15) is 0 Å². The molecule has 0 spiro atoms. The maximum Gasteiger partial charge on any atom is 0.324 e. The van der Waals surface area contributed by atoms with Gasteiger partial charge in [-0.25, -0.2) is 14.8 Å². The summed E-state index contributed by atoms with van der Waals surface area (Å²) in [5, 5.41) is 21.0. The van der Waals surface area contributed by atoms with Gasteiger partial charge in [0, 0.05) is 11.3 Å². The van der Waals surface area contributed by atoms with Crippen molar-refractivity contribution in [2.24, 2.45) is 0 Å². The minimum absolute atomic E-state index is 0.349.